The number of benzene rings is 1. The maximum Gasteiger partial charge on any atom is 0.311 e. The molecule has 1 atom stereocenters. The van der Waals surface area contributed by atoms with Crippen LogP contribution in [0.1, 0.15) is 25.3 Å². The van der Waals surface area contributed by atoms with Crippen LogP contribution in [0.4, 0.5) is 0 Å². The number of nitrogens with one attached hydrogen (secondary N) is 1. The van der Waals surface area contributed by atoms with Crippen LogP contribution in [0.5, 0.6) is 11.5 Å². The lowest BCUT2D eigenvalue weighted by Crippen LogP contribution is -2.46. The van der Waals surface area contributed by atoms with Crippen LogP contribution >= 0.6 is 0 Å². The van der Waals surface area contributed by atoms with E-state index in [4.69, 9.17) is 9.47 Å². The van der Waals surface area contributed by atoms with Crippen LogP contribution in [0.3, 0.4) is 0 Å². The predicted octanol–water partition coefficient (Wildman–Crippen LogP) is 1.29. The second kappa shape index (κ2) is 6.25. The molecule has 0 aromatic heterocycles. The summed E-state index contributed by atoms with van der Waals surface area (Å²) in [6.07, 6.45) is 2.07. The summed E-state index contributed by atoms with van der Waals surface area (Å²) in [5.74, 6) is 0.842. The molecule has 0 radical (unpaired) electrons. The van der Waals surface area contributed by atoms with Crippen molar-refractivity contribution in [3.8, 4) is 11.5 Å². The Morgan fingerprint density at radius 1 is 1.32 bits per heavy atom. The van der Waals surface area contributed by atoms with Crippen LogP contribution < -0.4 is 14.8 Å². The molecule has 3 rings (SSSR count). The van der Waals surface area contributed by atoms with Crippen molar-refractivity contribution in [2.45, 2.75) is 26.3 Å². The SMILES string of the molecule is CC1CCCN(C(=O)C(=O)NCc2ccc3c(c2)OCO3)C1. The fourth-order valence-corrected chi connectivity index (χ4v) is 2.83. The van der Waals surface area contributed by atoms with Gasteiger partial charge in [-0.25, -0.2) is 0 Å². The number of hydrogen-bond acceptors (Lipinski definition) is 4. The molecule has 2 aliphatic rings. The van der Waals surface area contributed by atoms with Gasteiger partial charge in [0.1, 0.15) is 0 Å². The summed E-state index contributed by atoms with van der Waals surface area (Å²) in [5.41, 5.74) is 0.873. The van der Waals surface area contributed by atoms with Crippen LogP contribution in [0, 0.1) is 5.92 Å². The number of fused-ring (bicyclic) bond motifs is 1. The maximum atomic E-state index is 12.1. The zero-order valence-electron chi connectivity index (χ0n) is 12.6. The molecule has 1 N–H and O–H groups in total. The van der Waals surface area contributed by atoms with Crippen molar-refractivity contribution in [3.63, 3.8) is 0 Å². The van der Waals surface area contributed by atoms with Crippen molar-refractivity contribution in [2.24, 2.45) is 5.92 Å². The first-order valence-corrected chi connectivity index (χ1v) is 7.59. The van der Waals surface area contributed by atoms with E-state index >= 15 is 0 Å². The number of amides is 2. The second-order valence-electron chi connectivity index (χ2n) is 5.87. The molecule has 2 aliphatic heterocycles. The highest BCUT2D eigenvalue weighted by atomic mass is 16.7. The minimum absolute atomic E-state index is 0.219. The van der Waals surface area contributed by atoms with Crippen LogP contribution in [0.25, 0.3) is 0 Å². The quantitative estimate of drug-likeness (QED) is 0.836. The summed E-state index contributed by atoms with van der Waals surface area (Å²) in [7, 11) is 0. The first-order chi connectivity index (χ1) is 10.6. The Morgan fingerprint density at radius 3 is 2.95 bits per heavy atom. The molecule has 6 heteroatoms. The number of carbonyl (C=O) groups excluding carboxylic acids is 2. The highest BCUT2D eigenvalue weighted by Crippen LogP contribution is 2.32. The van der Waals surface area contributed by atoms with Gasteiger partial charge >= 0.3 is 11.8 Å². The van der Waals surface area contributed by atoms with Crippen molar-refractivity contribution in [1.29, 1.82) is 0 Å². The molecule has 1 aromatic rings. The van der Waals surface area contributed by atoms with E-state index in [0.29, 0.717) is 37.1 Å². The monoisotopic (exact) mass is 304 g/mol. The minimum atomic E-state index is -0.549. The molecule has 0 spiro atoms. The molecule has 22 heavy (non-hydrogen) atoms. The van der Waals surface area contributed by atoms with Gasteiger partial charge < -0.3 is 19.7 Å². The lowest BCUT2D eigenvalue weighted by molar-refractivity contribution is -0.147. The summed E-state index contributed by atoms with van der Waals surface area (Å²) >= 11 is 0. The normalized spacial score (nSPS) is 19.9. The lowest BCUT2D eigenvalue weighted by atomic mass is 10.0. The number of ether oxygens (including phenoxy) is 2. The van der Waals surface area contributed by atoms with E-state index < -0.39 is 11.8 Å². The number of hydrogen-bond donors (Lipinski definition) is 1. The third kappa shape index (κ3) is 3.16. The standard InChI is InChI=1S/C16H20N2O4/c1-11-3-2-6-18(9-11)16(20)15(19)17-8-12-4-5-13-14(7-12)22-10-21-13/h4-5,7,11H,2-3,6,8-10H2,1H3,(H,17,19). The zero-order valence-corrected chi connectivity index (χ0v) is 12.6. The molecule has 0 bridgehead atoms. The van der Waals surface area contributed by atoms with Crippen molar-refractivity contribution < 1.29 is 19.1 Å². The summed E-state index contributed by atoms with van der Waals surface area (Å²) in [4.78, 5) is 25.8. The maximum absolute atomic E-state index is 12.1. The largest absolute Gasteiger partial charge is 0.454 e. The Hall–Kier alpha value is -2.24. The van der Waals surface area contributed by atoms with Gasteiger partial charge in [-0.1, -0.05) is 13.0 Å². The van der Waals surface area contributed by atoms with Gasteiger partial charge in [0.2, 0.25) is 6.79 Å². The average molecular weight is 304 g/mol. The third-order valence-corrected chi connectivity index (χ3v) is 4.03. The van der Waals surface area contributed by atoms with Gasteiger partial charge in [-0.15, -0.1) is 0 Å². The summed E-state index contributed by atoms with van der Waals surface area (Å²) < 4.78 is 10.5. The minimum Gasteiger partial charge on any atom is -0.454 e. The van der Waals surface area contributed by atoms with Crippen LogP contribution in [0.15, 0.2) is 18.2 Å². The number of rotatable bonds is 2. The highest BCUT2D eigenvalue weighted by Gasteiger charge is 2.25. The van der Waals surface area contributed by atoms with Gasteiger partial charge in [-0.3, -0.25) is 9.59 Å². The van der Waals surface area contributed by atoms with E-state index in [0.717, 1.165) is 18.4 Å². The Balaban J connectivity index is 1.54. The molecule has 1 fully saturated rings. The fourth-order valence-electron chi connectivity index (χ4n) is 2.83. The topological polar surface area (TPSA) is 67.9 Å². The van der Waals surface area contributed by atoms with Crippen LogP contribution in [-0.2, 0) is 16.1 Å². The number of piperidine rings is 1. The zero-order chi connectivity index (χ0) is 15.5. The first-order valence-electron chi connectivity index (χ1n) is 7.59. The highest BCUT2D eigenvalue weighted by molar-refractivity contribution is 6.34. The number of likely N-dealkylation sites (tertiary alicyclic amines) is 1. The smallest absolute Gasteiger partial charge is 0.311 e. The summed E-state index contributed by atoms with van der Waals surface area (Å²) in [6.45, 7) is 3.95. The molecule has 6 nitrogen and oxygen atoms in total. The second-order valence-corrected chi connectivity index (χ2v) is 5.87. The summed E-state index contributed by atoms with van der Waals surface area (Å²) in [6, 6.07) is 5.47. The molecule has 1 saturated heterocycles. The number of nitrogens with zero attached hydrogens (tertiary/aromatic N) is 1. The molecule has 2 amide bonds. The Labute approximate surface area is 129 Å². The molecule has 1 aromatic carbocycles. The lowest BCUT2D eigenvalue weighted by Gasteiger charge is -2.30. The van der Waals surface area contributed by atoms with Crippen molar-refractivity contribution in [1.82, 2.24) is 10.2 Å². The van der Waals surface area contributed by atoms with Gasteiger partial charge in [0.05, 0.1) is 0 Å². The van der Waals surface area contributed by atoms with E-state index in [-0.39, 0.29) is 6.79 Å². The molecule has 1 unspecified atom stereocenters. The predicted molar refractivity (Wildman–Crippen MR) is 79.4 cm³/mol. The summed E-state index contributed by atoms with van der Waals surface area (Å²) in [5, 5.41) is 2.68. The van der Waals surface area contributed by atoms with Crippen molar-refractivity contribution in [3.05, 3.63) is 23.8 Å². The first kappa shape index (κ1) is 14.7. The molecular formula is C16H20N2O4. The average Bonchev–Trinajstić information content (AvgIpc) is 2.99. The van der Waals surface area contributed by atoms with E-state index in [9.17, 15) is 9.59 Å². The van der Waals surface area contributed by atoms with Crippen LogP contribution in [0.2, 0.25) is 0 Å². The molecule has 2 heterocycles. The van der Waals surface area contributed by atoms with Gasteiger partial charge in [0, 0.05) is 19.6 Å². The molecule has 118 valence electrons. The van der Waals surface area contributed by atoms with Crippen molar-refractivity contribution in [2.75, 3.05) is 19.9 Å². The molecular weight excluding hydrogens is 284 g/mol. The molecule has 0 aliphatic carbocycles. The third-order valence-electron chi connectivity index (χ3n) is 4.03. The van der Waals surface area contributed by atoms with E-state index in [1.54, 1.807) is 11.0 Å². The number of carbonyl (C=O) groups is 2. The van der Waals surface area contributed by atoms with Crippen LogP contribution in [-0.4, -0.2) is 36.6 Å². The van der Waals surface area contributed by atoms with Gasteiger partial charge in [-0.05, 0) is 36.5 Å². The Kier molecular flexibility index (Phi) is 4.18. The van der Waals surface area contributed by atoms with Gasteiger partial charge in [0.25, 0.3) is 0 Å². The Bertz CT molecular complexity index is 588. The van der Waals surface area contributed by atoms with Crippen molar-refractivity contribution >= 4 is 11.8 Å². The Morgan fingerprint density at radius 2 is 2.14 bits per heavy atom. The fraction of sp³-hybridized carbons (Fsp3) is 0.500. The van der Waals surface area contributed by atoms with E-state index in [1.807, 2.05) is 12.1 Å². The van der Waals surface area contributed by atoms with Gasteiger partial charge in [0.15, 0.2) is 11.5 Å². The van der Waals surface area contributed by atoms with Gasteiger partial charge in [-0.2, -0.15) is 0 Å². The molecule has 0 saturated carbocycles. The van der Waals surface area contributed by atoms with E-state index in [1.165, 1.54) is 0 Å². The van der Waals surface area contributed by atoms with E-state index in [2.05, 4.69) is 12.2 Å².